The van der Waals surface area contributed by atoms with E-state index in [0.29, 0.717) is 44.0 Å². The maximum absolute atomic E-state index is 11.4. The van der Waals surface area contributed by atoms with Crippen molar-refractivity contribution in [3.8, 4) is 22.7 Å². The summed E-state index contributed by atoms with van der Waals surface area (Å²) in [5.74, 6) is 0.828. The van der Waals surface area contributed by atoms with Crippen LogP contribution in [0.3, 0.4) is 0 Å². The number of aromatic carboxylic acids is 1. The minimum absolute atomic E-state index is 0.207. The fourth-order valence-corrected chi connectivity index (χ4v) is 4.83. The Bertz CT molecular complexity index is 1580. The van der Waals surface area contributed by atoms with Gasteiger partial charge in [0.25, 0.3) is 0 Å². The van der Waals surface area contributed by atoms with E-state index in [1.54, 1.807) is 42.7 Å². The molecule has 0 unspecified atom stereocenters. The molecule has 1 fully saturated rings. The van der Waals surface area contributed by atoms with Crippen LogP contribution >= 0.6 is 23.2 Å². The number of carboxylic acids is 1. The van der Waals surface area contributed by atoms with E-state index in [0.717, 1.165) is 29.9 Å². The van der Waals surface area contributed by atoms with E-state index in [2.05, 4.69) is 10.1 Å². The van der Waals surface area contributed by atoms with Gasteiger partial charge in [0.15, 0.2) is 0 Å². The maximum atomic E-state index is 11.4. The predicted molar refractivity (Wildman–Crippen MR) is 136 cm³/mol. The van der Waals surface area contributed by atoms with Gasteiger partial charge in [-0.2, -0.15) is 0 Å². The highest BCUT2D eigenvalue weighted by Gasteiger charge is 2.33. The molecule has 0 amide bonds. The van der Waals surface area contributed by atoms with Crippen LogP contribution in [0.25, 0.3) is 28.0 Å². The fourth-order valence-electron chi connectivity index (χ4n) is 4.25. The molecule has 180 valence electrons. The van der Waals surface area contributed by atoms with Gasteiger partial charge in [0, 0.05) is 17.2 Å². The number of hydrogen-bond donors (Lipinski definition) is 1. The van der Waals surface area contributed by atoms with Gasteiger partial charge in [0.1, 0.15) is 30.1 Å². The predicted octanol–water partition coefficient (Wildman–Crippen LogP) is 7.14. The summed E-state index contributed by atoms with van der Waals surface area (Å²) in [4.78, 5) is 15.8. The minimum Gasteiger partial charge on any atom is -0.489 e. The Morgan fingerprint density at radius 2 is 1.83 bits per heavy atom. The zero-order chi connectivity index (χ0) is 24.8. The first-order chi connectivity index (χ1) is 17.5. The smallest absolute Gasteiger partial charge is 0.335 e. The highest BCUT2D eigenvalue weighted by Crippen LogP contribution is 2.46. The molecular weight excluding hydrogens is 501 g/mol. The van der Waals surface area contributed by atoms with Crippen LogP contribution in [0.2, 0.25) is 10.0 Å². The van der Waals surface area contributed by atoms with Crippen molar-refractivity contribution < 1.29 is 19.2 Å². The number of ether oxygens (including phenoxy) is 1. The van der Waals surface area contributed by atoms with Crippen LogP contribution in [0.5, 0.6) is 5.75 Å². The molecule has 0 atom stereocenters. The normalized spacial score (nSPS) is 13.3. The Kier molecular flexibility index (Phi) is 5.66. The Morgan fingerprint density at radius 1 is 1.08 bits per heavy atom. The Hall–Kier alpha value is -3.81. The summed E-state index contributed by atoms with van der Waals surface area (Å²) in [6.45, 7) is 0.252. The van der Waals surface area contributed by atoms with E-state index in [1.165, 1.54) is 0 Å². The number of hydrogen-bond acceptors (Lipinski definition) is 5. The number of aromatic nitrogens is 3. The topological polar surface area (TPSA) is 90.4 Å². The highest BCUT2D eigenvalue weighted by atomic mass is 35.5. The Balaban J connectivity index is 1.27. The number of imidazole rings is 1. The number of carbonyl (C=O) groups is 1. The number of halogens is 2. The average molecular weight is 520 g/mol. The van der Waals surface area contributed by atoms with Crippen molar-refractivity contribution >= 4 is 40.2 Å². The molecule has 0 aliphatic heterocycles. The molecule has 2 aromatic heterocycles. The number of benzene rings is 3. The first-order valence-electron chi connectivity index (χ1n) is 11.4. The Labute approximate surface area is 215 Å². The largest absolute Gasteiger partial charge is 0.489 e. The second kappa shape index (κ2) is 9.00. The molecule has 0 radical (unpaired) electrons. The van der Waals surface area contributed by atoms with Crippen molar-refractivity contribution in [2.75, 3.05) is 0 Å². The van der Waals surface area contributed by atoms with Crippen molar-refractivity contribution in [3.05, 3.63) is 93.9 Å². The Morgan fingerprint density at radius 3 is 2.53 bits per heavy atom. The summed E-state index contributed by atoms with van der Waals surface area (Å²) in [5, 5.41) is 14.6. The monoisotopic (exact) mass is 519 g/mol. The number of nitrogens with zero attached hydrogens (tertiary/aromatic N) is 3. The molecule has 36 heavy (non-hydrogen) atoms. The summed E-state index contributed by atoms with van der Waals surface area (Å²) >= 11 is 12.9. The third-order valence-corrected chi connectivity index (χ3v) is 6.89. The zero-order valence-corrected chi connectivity index (χ0v) is 20.3. The van der Waals surface area contributed by atoms with Gasteiger partial charge >= 0.3 is 5.97 Å². The van der Waals surface area contributed by atoms with Crippen LogP contribution in [0.1, 0.15) is 40.4 Å². The van der Waals surface area contributed by atoms with Crippen molar-refractivity contribution in [1.29, 1.82) is 0 Å². The van der Waals surface area contributed by atoms with Gasteiger partial charge in [0.05, 0.1) is 32.2 Å². The molecule has 0 saturated heterocycles. The molecule has 0 spiro atoms. The molecule has 9 heteroatoms. The summed E-state index contributed by atoms with van der Waals surface area (Å²) in [6, 6.07) is 17.7. The molecule has 1 aliphatic carbocycles. The third kappa shape index (κ3) is 4.10. The molecule has 6 rings (SSSR count). The second-order valence-electron chi connectivity index (χ2n) is 8.65. The molecule has 2 heterocycles. The molecular formula is C27H19Cl2N3O4. The molecule has 5 aromatic rings. The van der Waals surface area contributed by atoms with Gasteiger partial charge in [-0.1, -0.05) is 34.4 Å². The van der Waals surface area contributed by atoms with E-state index in [1.807, 2.05) is 28.8 Å². The standard InChI is InChI=1S/C27H19Cl2N3O4/c28-20-2-1-3-21(29)24(20)25-19(26(36-31-25)15-4-5-15)13-35-18-9-7-17(8-10-18)32-14-30-22-11-6-16(27(33)34)12-23(22)32/h1-3,6-12,14-15H,4-5,13H2,(H,33,34). The summed E-state index contributed by atoms with van der Waals surface area (Å²) in [6.07, 6.45) is 3.77. The van der Waals surface area contributed by atoms with E-state index >= 15 is 0 Å². The molecule has 1 aliphatic rings. The summed E-state index contributed by atoms with van der Waals surface area (Å²) in [7, 11) is 0. The molecule has 1 N–H and O–H groups in total. The van der Waals surface area contributed by atoms with Crippen LogP contribution in [0.4, 0.5) is 0 Å². The zero-order valence-electron chi connectivity index (χ0n) is 18.8. The SMILES string of the molecule is O=C(O)c1ccc2ncn(-c3ccc(OCc4c(-c5c(Cl)cccc5Cl)noc4C4CC4)cc3)c2c1. The molecule has 1 saturated carbocycles. The first kappa shape index (κ1) is 22.6. The van der Waals surface area contributed by atoms with Crippen LogP contribution in [0.15, 0.2) is 71.5 Å². The number of fused-ring (bicyclic) bond motifs is 1. The quantitative estimate of drug-likeness (QED) is 0.245. The van der Waals surface area contributed by atoms with Gasteiger partial charge < -0.3 is 14.4 Å². The molecule has 7 nitrogen and oxygen atoms in total. The van der Waals surface area contributed by atoms with Gasteiger partial charge in [-0.15, -0.1) is 0 Å². The van der Waals surface area contributed by atoms with E-state index < -0.39 is 5.97 Å². The van der Waals surface area contributed by atoms with Crippen LogP contribution in [-0.4, -0.2) is 25.8 Å². The first-order valence-corrected chi connectivity index (χ1v) is 12.1. The van der Waals surface area contributed by atoms with Crippen molar-refractivity contribution in [1.82, 2.24) is 14.7 Å². The highest BCUT2D eigenvalue weighted by molar-refractivity contribution is 6.39. The van der Waals surface area contributed by atoms with Gasteiger partial charge in [-0.3, -0.25) is 4.57 Å². The van der Waals surface area contributed by atoms with E-state index in [-0.39, 0.29) is 12.2 Å². The van der Waals surface area contributed by atoms with E-state index in [9.17, 15) is 9.90 Å². The second-order valence-corrected chi connectivity index (χ2v) is 9.47. The van der Waals surface area contributed by atoms with Crippen LogP contribution < -0.4 is 4.74 Å². The lowest BCUT2D eigenvalue weighted by Crippen LogP contribution is -2.00. The summed E-state index contributed by atoms with van der Waals surface area (Å²) in [5.41, 5.74) is 4.55. The van der Waals surface area contributed by atoms with Crippen molar-refractivity contribution in [2.45, 2.75) is 25.4 Å². The van der Waals surface area contributed by atoms with Gasteiger partial charge in [-0.25, -0.2) is 9.78 Å². The maximum Gasteiger partial charge on any atom is 0.335 e. The minimum atomic E-state index is -0.981. The lowest BCUT2D eigenvalue weighted by atomic mass is 10.0. The van der Waals surface area contributed by atoms with E-state index in [4.69, 9.17) is 32.5 Å². The lowest BCUT2D eigenvalue weighted by Gasteiger charge is -2.11. The molecule has 3 aromatic carbocycles. The summed E-state index contributed by atoms with van der Waals surface area (Å²) < 4.78 is 13.7. The number of carboxylic acid groups (broad SMARTS) is 1. The van der Waals surface area contributed by atoms with Crippen LogP contribution in [0, 0.1) is 0 Å². The van der Waals surface area contributed by atoms with Crippen LogP contribution in [-0.2, 0) is 6.61 Å². The lowest BCUT2D eigenvalue weighted by molar-refractivity contribution is 0.0697. The molecule has 0 bridgehead atoms. The number of rotatable bonds is 7. The van der Waals surface area contributed by atoms with Gasteiger partial charge in [0.2, 0.25) is 0 Å². The van der Waals surface area contributed by atoms with Crippen molar-refractivity contribution in [3.63, 3.8) is 0 Å². The third-order valence-electron chi connectivity index (χ3n) is 6.26. The van der Waals surface area contributed by atoms with Gasteiger partial charge in [-0.05, 0) is 67.4 Å². The average Bonchev–Trinajstić information content (AvgIpc) is 3.50. The van der Waals surface area contributed by atoms with Crippen molar-refractivity contribution in [2.24, 2.45) is 0 Å². The fraction of sp³-hybridized carbons (Fsp3) is 0.148.